The van der Waals surface area contributed by atoms with Gasteiger partial charge in [0.15, 0.2) is 5.82 Å². The van der Waals surface area contributed by atoms with Crippen molar-refractivity contribution in [3.05, 3.63) is 193 Å². The molecule has 2 heteroatoms. The van der Waals surface area contributed by atoms with Gasteiger partial charge in [0.25, 0.3) is 0 Å². The summed E-state index contributed by atoms with van der Waals surface area (Å²) in [6, 6.07) is 67.2. The highest BCUT2D eigenvalue weighted by Gasteiger charge is 2.61. The van der Waals surface area contributed by atoms with Crippen molar-refractivity contribution >= 4 is 21.5 Å². The fourth-order valence-corrected chi connectivity index (χ4v) is 12.8. The Kier molecular flexibility index (Phi) is 7.52. The Morgan fingerprint density at radius 1 is 0.367 bits per heavy atom. The van der Waals surface area contributed by atoms with E-state index in [4.69, 9.17) is 9.97 Å². The molecule has 9 aromatic rings. The van der Waals surface area contributed by atoms with Crippen LogP contribution in [0.25, 0.3) is 88.8 Å². The van der Waals surface area contributed by atoms with Crippen LogP contribution in [0.15, 0.2) is 182 Å². The van der Waals surface area contributed by atoms with Crippen LogP contribution in [0.4, 0.5) is 0 Å². The molecule has 14 rings (SSSR count). The largest absolute Gasteiger partial charge is 0.228 e. The first kappa shape index (κ1) is 34.2. The van der Waals surface area contributed by atoms with Gasteiger partial charge >= 0.3 is 0 Å². The molecule has 286 valence electrons. The minimum Gasteiger partial charge on any atom is -0.228 e. The zero-order valence-corrected chi connectivity index (χ0v) is 33.6. The van der Waals surface area contributed by atoms with Crippen LogP contribution in [0.3, 0.4) is 0 Å². The van der Waals surface area contributed by atoms with E-state index in [1.54, 1.807) is 11.1 Å². The predicted molar refractivity (Wildman–Crippen MR) is 247 cm³/mol. The Labute approximate surface area is 351 Å². The average Bonchev–Trinajstić information content (AvgIpc) is 3.59. The standard InChI is InChI=1S/C58H44N2/c1-3-11-41(12-4-1)54-35-55(60-57(59-54)42-13-5-2-6-14-42)45-26-25-38-17-9-18-48(50(38)33-45)39-21-23-40(24-22-39)49-19-10-20-52-56(49)51-32-43-15-7-8-16-44(43)34-53(51)58(52)46-28-36-27-37(30-46)31-47(58)29-36/h1-26,32-37,46-47H,27-31H2. The van der Waals surface area contributed by atoms with E-state index in [1.165, 1.54) is 87.0 Å². The number of nitrogens with zero attached hydrogens (tertiary/aromatic N) is 2. The van der Waals surface area contributed by atoms with E-state index in [9.17, 15) is 0 Å². The topological polar surface area (TPSA) is 25.8 Å². The molecule has 0 atom stereocenters. The lowest BCUT2D eigenvalue weighted by atomic mass is 9.43. The molecule has 4 fully saturated rings. The Morgan fingerprint density at radius 2 is 0.933 bits per heavy atom. The molecule has 0 aliphatic heterocycles. The van der Waals surface area contributed by atoms with Crippen molar-refractivity contribution in [2.75, 3.05) is 0 Å². The van der Waals surface area contributed by atoms with E-state index >= 15 is 0 Å². The van der Waals surface area contributed by atoms with Gasteiger partial charge in [0.1, 0.15) is 0 Å². The van der Waals surface area contributed by atoms with E-state index < -0.39 is 0 Å². The van der Waals surface area contributed by atoms with Crippen molar-refractivity contribution < 1.29 is 0 Å². The van der Waals surface area contributed by atoms with Crippen LogP contribution in [0.1, 0.15) is 43.2 Å². The van der Waals surface area contributed by atoms with Crippen LogP contribution < -0.4 is 0 Å². The van der Waals surface area contributed by atoms with Crippen LogP contribution in [0.5, 0.6) is 0 Å². The van der Waals surface area contributed by atoms with Gasteiger partial charge in [0.05, 0.1) is 11.4 Å². The average molecular weight is 769 g/mol. The van der Waals surface area contributed by atoms with Gasteiger partial charge in [-0.2, -0.15) is 0 Å². The van der Waals surface area contributed by atoms with Gasteiger partial charge in [-0.25, -0.2) is 9.97 Å². The fraction of sp³-hybridized carbons (Fsp3) is 0.172. The molecule has 5 aliphatic rings. The molecule has 4 bridgehead atoms. The number of aromatic nitrogens is 2. The van der Waals surface area contributed by atoms with Crippen LogP contribution >= 0.6 is 0 Å². The molecule has 0 saturated heterocycles. The Hall–Kier alpha value is -6.64. The van der Waals surface area contributed by atoms with E-state index in [1.807, 2.05) is 24.3 Å². The lowest BCUT2D eigenvalue weighted by Gasteiger charge is -2.61. The highest BCUT2D eigenvalue weighted by molar-refractivity contribution is 6.01. The quantitative estimate of drug-likeness (QED) is 0.174. The summed E-state index contributed by atoms with van der Waals surface area (Å²) in [5.74, 6) is 4.05. The molecule has 4 saturated carbocycles. The summed E-state index contributed by atoms with van der Waals surface area (Å²) in [6.07, 6.45) is 7.04. The maximum absolute atomic E-state index is 5.16. The van der Waals surface area contributed by atoms with Crippen LogP contribution in [0, 0.1) is 23.7 Å². The van der Waals surface area contributed by atoms with Crippen molar-refractivity contribution in [3.8, 4) is 67.3 Å². The zero-order chi connectivity index (χ0) is 39.4. The number of fused-ring (bicyclic) bond motifs is 5. The van der Waals surface area contributed by atoms with Crippen molar-refractivity contribution in [3.63, 3.8) is 0 Å². The number of benzene rings is 8. The molecule has 0 amide bonds. The predicted octanol–water partition coefficient (Wildman–Crippen LogP) is 14.8. The molecule has 1 aromatic heterocycles. The molecule has 2 nitrogen and oxygen atoms in total. The normalized spacial score (nSPS) is 22.1. The second kappa shape index (κ2) is 13.2. The van der Waals surface area contributed by atoms with Crippen LogP contribution in [-0.4, -0.2) is 9.97 Å². The van der Waals surface area contributed by atoms with E-state index in [2.05, 4.69) is 158 Å². The Morgan fingerprint density at radius 3 is 1.65 bits per heavy atom. The molecule has 8 aromatic carbocycles. The van der Waals surface area contributed by atoms with Crippen molar-refractivity contribution in [1.29, 1.82) is 0 Å². The second-order valence-corrected chi connectivity index (χ2v) is 18.2. The fourth-order valence-electron chi connectivity index (χ4n) is 12.8. The van der Waals surface area contributed by atoms with Gasteiger partial charge in [0.2, 0.25) is 0 Å². The molecule has 1 spiro atoms. The van der Waals surface area contributed by atoms with Crippen molar-refractivity contribution in [2.24, 2.45) is 23.7 Å². The zero-order valence-electron chi connectivity index (χ0n) is 33.6. The van der Waals surface area contributed by atoms with Crippen molar-refractivity contribution in [2.45, 2.75) is 37.5 Å². The molecular formula is C58H44N2. The van der Waals surface area contributed by atoms with E-state index in [0.29, 0.717) is 0 Å². The summed E-state index contributed by atoms with van der Waals surface area (Å²) < 4.78 is 0. The molecule has 1 heterocycles. The Balaban J connectivity index is 0.922. The third-order valence-corrected chi connectivity index (χ3v) is 15.0. The first-order valence-electron chi connectivity index (χ1n) is 22.0. The van der Waals surface area contributed by atoms with E-state index in [-0.39, 0.29) is 5.41 Å². The second-order valence-electron chi connectivity index (χ2n) is 18.2. The van der Waals surface area contributed by atoms with Crippen LogP contribution in [0.2, 0.25) is 0 Å². The SMILES string of the molecule is c1ccc(-c2cc(-c3ccc4cccc(-c5ccc(-c6cccc7c6-c6cc8ccccc8cc6C76C7CC8CC(C7)CC6C8)cc5)c4c3)nc(-c3ccccc3)n2)cc1. The van der Waals surface area contributed by atoms with Crippen molar-refractivity contribution in [1.82, 2.24) is 9.97 Å². The summed E-state index contributed by atoms with van der Waals surface area (Å²) in [7, 11) is 0. The third-order valence-electron chi connectivity index (χ3n) is 15.0. The van der Waals surface area contributed by atoms with Gasteiger partial charge in [0, 0.05) is 22.1 Å². The molecule has 0 unspecified atom stereocenters. The first-order chi connectivity index (χ1) is 29.7. The van der Waals surface area contributed by atoms with E-state index in [0.717, 1.165) is 57.6 Å². The molecular weight excluding hydrogens is 725 g/mol. The van der Waals surface area contributed by atoms with Gasteiger partial charge < -0.3 is 0 Å². The maximum atomic E-state index is 5.16. The number of rotatable bonds is 5. The summed E-state index contributed by atoms with van der Waals surface area (Å²) in [5.41, 5.74) is 16.4. The minimum absolute atomic E-state index is 0.131. The van der Waals surface area contributed by atoms with Gasteiger partial charge in [-0.1, -0.05) is 158 Å². The Bertz CT molecular complexity index is 3060. The number of hydrogen-bond donors (Lipinski definition) is 0. The third kappa shape index (κ3) is 5.13. The highest BCUT2D eigenvalue weighted by Crippen LogP contribution is 2.70. The highest BCUT2D eigenvalue weighted by atomic mass is 14.9. The lowest BCUT2D eigenvalue weighted by molar-refractivity contribution is -0.0398. The lowest BCUT2D eigenvalue weighted by Crippen LogP contribution is -2.55. The summed E-state index contributed by atoms with van der Waals surface area (Å²) >= 11 is 0. The van der Waals surface area contributed by atoms with Crippen LogP contribution in [-0.2, 0) is 5.41 Å². The molecule has 5 aliphatic carbocycles. The summed E-state index contributed by atoms with van der Waals surface area (Å²) in [6.45, 7) is 0. The van der Waals surface area contributed by atoms with Gasteiger partial charge in [-0.15, -0.1) is 0 Å². The molecule has 0 radical (unpaired) electrons. The molecule has 60 heavy (non-hydrogen) atoms. The summed E-state index contributed by atoms with van der Waals surface area (Å²) in [5, 5.41) is 5.16. The summed E-state index contributed by atoms with van der Waals surface area (Å²) in [4.78, 5) is 10.2. The smallest absolute Gasteiger partial charge is 0.160 e. The maximum Gasteiger partial charge on any atom is 0.160 e. The molecule has 0 N–H and O–H groups in total. The van der Waals surface area contributed by atoms with Gasteiger partial charge in [-0.05, 0) is 146 Å². The monoisotopic (exact) mass is 768 g/mol. The first-order valence-corrected chi connectivity index (χ1v) is 22.0. The number of hydrogen-bond acceptors (Lipinski definition) is 2. The minimum atomic E-state index is 0.131. The van der Waals surface area contributed by atoms with Gasteiger partial charge in [-0.3, -0.25) is 0 Å².